The maximum absolute atomic E-state index is 11.0. The van der Waals surface area contributed by atoms with Crippen molar-refractivity contribution in [2.75, 3.05) is 39.5 Å². The fraction of sp³-hybridized carbons (Fsp3) is 0.917. The third-order valence-corrected chi connectivity index (χ3v) is 2.74. The molecule has 16 heavy (non-hydrogen) atoms. The Morgan fingerprint density at radius 3 is 2.69 bits per heavy atom. The van der Waals surface area contributed by atoms with Gasteiger partial charge in [-0.3, -0.25) is 0 Å². The summed E-state index contributed by atoms with van der Waals surface area (Å²) in [5.41, 5.74) is 0. The molecular formula is C12H23NO3. The van der Waals surface area contributed by atoms with E-state index in [1.807, 2.05) is 0 Å². The third kappa shape index (κ3) is 6.08. The fourth-order valence-corrected chi connectivity index (χ4v) is 1.60. The summed E-state index contributed by atoms with van der Waals surface area (Å²) in [5.74, 6) is 0.637. The molecule has 0 aromatic rings. The van der Waals surface area contributed by atoms with Crippen LogP contribution in [-0.2, 0) is 14.3 Å². The van der Waals surface area contributed by atoms with E-state index in [0.29, 0.717) is 13.2 Å². The molecule has 1 aliphatic carbocycles. The summed E-state index contributed by atoms with van der Waals surface area (Å²) in [5, 5.41) is 0. The van der Waals surface area contributed by atoms with Crippen LogP contribution in [-0.4, -0.2) is 50.3 Å². The molecule has 0 amide bonds. The number of likely N-dealkylation sites (N-methyl/N-ethyl adjacent to an activating group) is 1. The normalized spacial score (nSPS) is 15.4. The van der Waals surface area contributed by atoms with E-state index in [4.69, 9.17) is 9.47 Å². The smallest absolute Gasteiger partial charge is 0.332 e. The Morgan fingerprint density at radius 2 is 2.12 bits per heavy atom. The van der Waals surface area contributed by atoms with Gasteiger partial charge >= 0.3 is 5.97 Å². The van der Waals surface area contributed by atoms with Crippen LogP contribution in [0.15, 0.2) is 0 Å². The lowest BCUT2D eigenvalue weighted by Crippen LogP contribution is -2.30. The van der Waals surface area contributed by atoms with Crippen molar-refractivity contribution in [1.29, 1.82) is 0 Å². The number of nitrogens with zero attached hydrogens (tertiary/aromatic N) is 1. The Balaban J connectivity index is 1.97. The van der Waals surface area contributed by atoms with Crippen LogP contribution in [0.4, 0.5) is 0 Å². The maximum atomic E-state index is 11.0. The van der Waals surface area contributed by atoms with Crippen molar-refractivity contribution in [2.45, 2.75) is 26.7 Å². The highest BCUT2D eigenvalue weighted by Crippen LogP contribution is 2.29. The molecule has 0 radical (unpaired) electrons. The number of hydrogen-bond donors (Lipinski definition) is 0. The van der Waals surface area contributed by atoms with E-state index in [9.17, 15) is 4.79 Å². The highest BCUT2D eigenvalue weighted by molar-refractivity contribution is 5.70. The topological polar surface area (TPSA) is 38.8 Å². The molecule has 0 spiro atoms. The first-order valence-electron chi connectivity index (χ1n) is 6.22. The Hall–Kier alpha value is -0.610. The molecule has 4 nitrogen and oxygen atoms in total. The van der Waals surface area contributed by atoms with Crippen molar-refractivity contribution in [2.24, 2.45) is 5.92 Å². The number of carbonyl (C=O) groups is 1. The van der Waals surface area contributed by atoms with E-state index in [-0.39, 0.29) is 12.6 Å². The van der Waals surface area contributed by atoms with Crippen LogP contribution >= 0.6 is 0 Å². The molecule has 0 heterocycles. The second-order valence-corrected chi connectivity index (χ2v) is 4.19. The summed E-state index contributed by atoms with van der Waals surface area (Å²) in [4.78, 5) is 13.4. The molecule has 0 unspecified atom stereocenters. The van der Waals surface area contributed by atoms with Crippen molar-refractivity contribution in [3.63, 3.8) is 0 Å². The predicted molar refractivity (Wildman–Crippen MR) is 62.3 cm³/mol. The van der Waals surface area contributed by atoms with Gasteiger partial charge in [0, 0.05) is 13.1 Å². The zero-order valence-electron chi connectivity index (χ0n) is 10.4. The lowest BCUT2D eigenvalue weighted by atomic mass is 10.3. The molecule has 94 valence electrons. The van der Waals surface area contributed by atoms with Crippen molar-refractivity contribution < 1.29 is 14.3 Å². The van der Waals surface area contributed by atoms with Crippen LogP contribution in [0.3, 0.4) is 0 Å². The minimum Gasteiger partial charge on any atom is -0.464 e. The van der Waals surface area contributed by atoms with Gasteiger partial charge in [0.15, 0.2) is 0 Å². The number of esters is 1. The third-order valence-electron chi connectivity index (χ3n) is 2.74. The Morgan fingerprint density at radius 1 is 1.38 bits per heavy atom. The first-order valence-corrected chi connectivity index (χ1v) is 6.22. The van der Waals surface area contributed by atoms with Gasteiger partial charge in [0.1, 0.15) is 6.61 Å². The first-order chi connectivity index (χ1) is 7.76. The first kappa shape index (κ1) is 13.5. The molecular weight excluding hydrogens is 206 g/mol. The molecule has 1 rings (SSSR count). The highest BCUT2D eigenvalue weighted by Gasteiger charge is 2.23. The van der Waals surface area contributed by atoms with E-state index >= 15 is 0 Å². The van der Waals surface area contributed by atoms with Crippen LogP contribution in [0.1, 0.15) is 26.7 Å². The van der Waals surface area contributed by atoms with E-state index in [1.165, 1.54) is 19.4 Å². The molecule has 1 aliphatic rings. The van der Waals surface area contributed by atoms with Gasteiger partial charge in [-0.25, -0.2) is 4.79 Å². The summed E-state index contributed by atoms with van der Waals surface area (Å²) in [6.07, 6.45) is 2.75. The molecule has 4 heteroatoms. The second-order valence-electron chi connectivity index (χ2n) is 4.19. The average molecular weight is 229 g/mol. The minimum absolute atomic E-state index is 0.0782. The Kier molecular flexibility index (Phi) is 6.42. The minimum atomic E-state index is -0.271. The van der Waals surface area contributed by atoms with E-state index in [1.54, 1.807) is 6.92 Å². The summed E-state index contributed by atoms with van der Waals surface area (Å²) in [6, 6.07) is 0. The predicted octanol–water partition coefficient (Wildman–Crippen LogP) is 1.30. The highest BCUT2D eigenvalue weighted by atomic mass is 16.6. The van der Waals surface area contributed by atoms with Crippen LogP contribution in [0.2, 0.25) is 0 Å². The molecule has 0 aromatic heterocycles. The van der Waals surface area contributed by atoms with E-state index in [0.717, 1.165) is 19.0 Å². The van der Waals surface area contributed by atoms with E-state index in [2.05, 4.69) is 11.8 Å². The zero-order valence-corrected chi connectivity index (χ0v) is 10.4. The maximum Gasteiger partial charge on any atom is 0.332 e. The van der Waals surface area contributed by atoms with Gasteiger partial charge in [-0.15, -0.1) is 0 Å². The van der Waals surface area contributed by atoms with Crippen LogP contribution in [0, 0.1) is 5.92 Å². The van der Waals surface area contributed by atoms with Crippen molar-refractivity contribution >= 4 is 5.97 Å². The Labute approximate surface area is 97.9 Å². The zero-order chi connectivity index (χ0) is 11.8. The van der Waals surface area contributed by atoms with Crippen LogP contribution in [0.25, 0.3) is 0 Å². The standard InChI is InChI=1S/C12H23NO3/c1-3-13(9-11-5-6-11)7-8-15-10-12(14)16-4-2/h11H,3-10H2,1-2H3. The molecule has 1 saturated carbocycles. The number of rotatable bonds is 9. The van der Waals surface area contributed by atoms with Gasteiger partial charge in [-0.2, -0.15) is 0 Å². The van der Waals surface area contributed by atoms with Gasteiger partial charge < -0.3 is 14.4 Å². The van der Waals surface area contributed by atoms with Crippen molar-refractivity contribution in [1.82, 2.24) is 4.90 Å². The lowest BCUT2D eigenvalue weighted by Gasteiger charge is -2.19. The molecule has 1 fully saturated rings. The Bertz CT molecular complexity index is 204. The largest absolute Gasteiger partial charge is 0.464 e. The van der Waals surface area contributed by atoms with Crippen molar-refractivity contribution in [3.05, 3.63) is 0 Å². The number of carbonyl (C=O) groups excluding carboxylic acids is 1. The molecule has 0 saturated heterocycles. The fourth-order valence-electron chi connectivity index (χ4n) is 1.60. The van der Waals surface area contributed by atoms with Gasteiger partial charge in [-0.1, -0.05) is 6.92 Å². The van der Waals surface area contributed by atoms with Crippen LogP contribution < -0.4 is 0 Å². The summed E-state index contributed by atoms with van der Waals surface area (Å²) in [7, 11) is 0. The van der Waals surface area contributed by atoms with Gasteiger partial charge in [-0.05, 0) is 32.2 Å². The second kappa shape index (κ2) is 7.63. The summed E-state index contributed by atoms with van der Waals surface area (Å²) < 4.78 is 10.0. The van der Waals surface area contributed by atoms with Crippen molar-refractivity contribution in [3.8, 4) is 0 Å². The lowest BCUT2D eigenvalue weighted by molar-refractivity contribution is -0.148. The van der Waals surface area contributed by atoms with Gasteiger partial charge in [0.05, 0.1) is 13.2 Å². The molecule has 0 aliphatic heterocycles. The number of ether oxygens (including phenoxy) is 2. The quantitative estimate of drug-likeness (QED) is 0.441. The average Bonchev–Trinajstić information content (AvgIpc) is 3.07. The van der Waals surface area contributed by atoms with Crippen LogP contribution in [0.5, 0.6) is 0 Å². The number of hydrogen-bond acceptors (Lipinski definition) is 4. The molecule has 0 atom stereocenters. The van der Waals surface area contributed by atoms with Gasteiger partial charge in [0.25, 0.3) is 0 Å². The molecule has 0 aromatic carbocycles. The van der Waals surface area contributed by atoms with E-state index < -0.39 is 0 Å². The van der Waals surface area contributed by atoms with Gasteiger partial charge in [0.2, 0.25) is 0 Å². The summed E-state index contributed by atoms with van der Waals surface area (Å²) in [6.45, 7) is 8.21. The monoisotopic (exact) mass is 229 g/mol. The molecule has 0 bridgehead atoms. The SMILES string of the molecule is CCOC(=O)COCCN(CC)CC1CC1. The molecule has 0 N–H and O–H groups in total. The summed E-state index contributed by atoms with van der Waals surface area (Å²) >= 11 is 0.